The Bertz CT molecular complexity index is 480. The Labute approximate surface area is 95.1 Å². The fourth-order valence-electron chi connectivity index (χ4n) is 1.17. The molecule has 0 saturated carbocycles. The van der Waals surface area contributed by atoms with E-state index in [2.05, 4.69) is 11.4 Å². The summed E-state index contributed by atoms with van der Waals surface area (Å²) in [7, 11) is 0. The molecule has 0 atom stereocenters. The van der Waals surface area contributed by atoms with E-state index < -0.39 is 5.97 Å². The number of carboxylic acid groups (broad SMARTS) is 1. The van der Waals surface area contributed by atoms with Gasteiger partial charge in [-0.25, -0.2) is 4.79 Å². The molecular formula is C11H8O2S2. The minimum atomic E-state index is -0.916. The molecular weight excluding hydrogens is 228 g/mol. The van der Waals surface area contributed by atoms with Crippen LogP contribution in [-0.4, -0.2) is 11.1 Å². The molecule has 0 bridgehead atoms. The summed E-state index contributed by atoms with van der Waals surface area (Å²) in [6.07, 6.45) is 2.77. The van der Waals surface area contributed by atoms with Gasteiger partial charge in [0.2, 0.25) is 0 Å². The van der Waals surface area contributed by atoms with Gasteiger partial charge in [-0.1, -0.05) is 0 Å². The molecule has 2 nitrogen and oxygen atoms in total. The number of carboxylic acids is 1. The summed E-state index contributed by atoms with van der Waals surface area (Å²) >= 11 is 3.20. The van der Waals surface area contributed by atoms with Crippen molar-refractivity contribution in [3.8, 4) is 11.1 Å². The first kappa shape index (κ1) is 10.1. The maximum absolute atomic E-state index is 10.3. The SMILES string of the molecule is O=C(O)/C=C/c1cc(-c2ccsc2)cs1. The summed E-state index contributed by atoms with van der Waals surface area (Å²) in [6, 6.07) is 4.05. The van der Waals surface area contributed by atoms with Gasteiger partial charge in [-0.15, -0.1) is 11.3 Å². The van der Waals surface area contributed by atoms with Gasteiger partial charge in [0, 0.05) is 11.0 Å². The van der Waals surface area contributed by atoms with Crippen LogP contribution in [-0.2, 0) is 4.79 Å². The normalized spacial score (nSPS) is 10.9. The molecule has 0 amide bonds. The van der Waals surface area contributed by atoms with Gasteiger partial charge >= 0.3 is 5.97 Å². The van der Waals surface area contributed by atoms with E-state index in [-0.39, 0.29) is 0 Å². The fraction of sp³-hybridized carbons (Fsp3) is 0. The lowest BCUT2D eigenvalue weighted by Gasteiger charge is -1.87. The predicted octanol–water partition coefficient (Wildman–Crippen LogP) is 3.57. The zero-order chi connectivity index (χ0) is 10.7. The molecule has 0 radical (unpaired) electrons. The van der Waals surface area contributed by atoms with Crippen molar-refractivity contribution >= 4 is 34.7 Å². The maximum Gasteiger partial charge on any atom is 0.328 e. The molecule has 0 aliphatic carbocycles. The van der Waals surface area contributed by atoms with Gasteiger partial charge in [0.05, 0.1) is 0 Å². The summed E-state index contributed by atoms with van der Waals surface area (Å²) in [6.45, 7) is 0. The second-order valence-corrected chi connectivity index (χ2v) is 4.64. The standard InChI is InChI=1S/C11H8O2S2/c12-11(13)2-1-10-5-9(7-15-10)8-3-4-14-6-8/h1-7H,(H,12,13)/b2-1+. The molecule has 0 fully saturated rings. The lowest BCUT2D eigenvalue weighted by Crippen LogP contribution is -1.84. The Balaban J connectivity index is 2.21. The number of aliphatic carboxylic acids is 1. The van der Waals surface area contributed by atoms with Gasteiger partial charge in [-0.05, 0) is 45.5 Å². The molecule has 76 valence electrons. The molecule has 0 aliphatic heterocycles. The van der Waals surface area contributed by atoms with Crippen LogP contribution < -0.4 is 0 Å². The Morgan fingerprint density at radius 1 is 1.33 bits per heavy atom. The van der Waals surface area contributed by atoms with Gasteiger partial charge in [0.1, 0.15) is 0 Å². The maximum atomic E-state index is 10.3. The van der Waals surface area contributed by atoms with Crippen LogP contribution >= 0.6 is 22.7 Å². The molecule has 2 aromatic heterocycles. The fourth-order valence-corrected chi connectivity index (χ4v) is 2.65. The second-order valence-electron chi connectivity index (χ2n) is 2.92. The first-order valence-corrected chi connectivity index (χ1v) is 6.10. The van der Waals surface area contributed by atoms with Crippen molar-refractivity contribution in [3.05, 3.63) is 39.2 Å². The molecule has 1 N–H and O–H groups in total. The number of carbonyl (C=O) groups is 1. The summed E-state index contributed by atoms with van der Waals surface area (Å²) in [5.41, 5.74) is 2.33. The molecule has 2 rings (SSSR count). The van der Waals surface area contributed by atoms with Crippen LogP contribution in [0, 0.1) is 0 Å². The van der Waals surface area contributed by atoms with E-state index in [4.69, 9.17) is 5.11 Å². The highest BCUT2D eigenvalue weighted by Crippen LogP contribution is 2.27. The minimum absolute atomic E-state index is 0.916. The third-order valence-corrected chi connectivity index (χ3v) is 3.45. The van der Waals surface area contributed by atoms with Gasteiger partial charge < -0.3 is 5.11 Å². The second kappa shape index (κ2) is 4.42. The Morgan fingerprint density at radius 2 is 2.20 bits per heavy atom. The molecule has 0 aliphatic rings. The van der Waals surface area contributed by atoms with Crippen molar-refractivity contribution in [3.63, 3.8) is 0 Å². The average Bonchev–Trinajstić information content (AvgIpc) is 2.85. The van der Waals surface area contributed by atoms with Crippen molar-refractivity contribution in [2.75, 3.05) is 0 Å². The summed E-state index contributed by atoms with van der Waals surface area (Å²) in [4.78, 5) is 11.3. The Hall–Kier alpha value is -1.39. The van der Waals surface area contributed by atoms with E-state index >= 15 is 0 Å². The van der Waals surface area contributed by atoms with Gasteiger partial charge in [0.15, 0.2) is 0 Å². The molecule has 2 aromatic rings. The Kier molecular flexibility index (Phi) is 2.99. The molecule has 15 heavy (non-hydrogen) atoms. The monoisotopic (exact) mass is 236 g/mol. The Morgan fingerprint density at radius 3 is 2.87 bits per heavy atom. The average molecular weight is 236 g/mol. The highest BCUT2D eigenvalue weighted by molar-refractivity contribution is 7.11. The highest BCUT2D eigenvalue weighted by Gasteiger charge is 2.00. The summed E-state index contributed by atoms with van der Waals surface area (Å²) < 4.78 is 0. The topological polar surface area (TPSA) is 37.3 Å². The van der Waals surface area contributed by atoms with Gasteiger partial charge in [0.25, 0.3) is 0 Å². The third-order valence-electron chi connectivity index (χ3n) is 1.86. The molecule has 0 saturated heterocycles. The van der Waals surface area contributed by atoms with Crippen molar-refractivity contribution in [1.29, 1.82) is 0 Å². The van der Waals surface area contributed by atoms with E-state index in [1.54, 1.807) is 28.7 Å². The smallest absolute Gasteiger partial charge is 0.328 e. The van der Waals surface area contributed by atoms with E-state index in [9.17, 15) is 4.79 Å². The molecule has 0 spiro atoms. The van der Waals surface area contributed by atoms with Crippen molar-refractivity contribution in [1.82, 2.24) is 0 Å². The van der Waals surface area contributed by atoms with Gasteiger partial charge in [-0.2, -0.15) is 11.3 Å². The van der Waals surface area contributed by atoms with E-state index in [0.29, 0.717) is 0 Å². The van der Waals surface area contributed by atoms with Crippen LogP contribution in [0.3, 0.4) is 0 Å². The van der Waals surface area contributed by atoms with Crippen molar-refractivity contribution < 1.29 is 9.90 Å². The molecule has 2 heterocycles. The lowest BCUT2D eigenvalue weighted by atomic mass is 10.2. The zero-order valence-corrected chi connectivity index (χ0v) is 9.35. The third kappa shape index (κ3) is 2.55. The van der Waals surface area contributed by atoms with Crippen LogP contribution in [0.1, 0.15) is 4.88 Å². The molecule has 4 heteroatoms. The first-order valence-electron chi connectivity index (χ1n) is 4.28. The van der Waals surface area contributed by atoms with Crippen LogP contribution in [0.2, 0.25) is 0 Å². The zero-order valence-electron chi connectivity index (χ0n) is 7.71. The number of thiophene rings is 2. The quantitative estimate of drug-likeness (QED) is 0.827. The number of hydrogen-bond donors (Lipinski definition) is 1. The molecule has 0 aromatic carbocycles. The molecule has 0 unspecified atom stereocenters. The van der Waals surface area contributed by atoms with Crippen molar-refractivity contribution in [2.45, 2.75) is 0 Å². The number of rotatable bonds is 3. The largest absolute Gasteiger partial charge is 0.478 e. The summed E-state index contributed by atoms with van der Waals surface area (Å²) in [5, 5.41) is 14.6. The number of hydrogen-bond acceptors (Lipinski definition) is 3. The van der Waals surface area contributed by atoms with E-state index in [0.717, 1.165) is 16.5 Å². The lowest BCUT2D eigenvalue weighted by molar-refractivity contribution is -0.131. The van der Waals surface area contributed by atoms with Crippen LogP contribution in [0.15, 0.2) is 34.3 Å². The van der Waals surface area contributed by atoms with Crippen LogP contribution in [0.5, 0.6) is 0 Å². The van der Waals surface area contributed by atoms with Crippen molar-refractivity contribution in [2.24, 2.45) is 0 Å². The van der Waals surface area contributed by atoms with Gasteiger partial charge in [-0.3, -0.25) is 0 Å². The predicted molar refractivity (Wildman–Crippen MR) is 64.3 cm³/mol. The van der Waals surface area contributed by atoms with E-state index in [1.807, 2.05) is 16.8 Å². The first-order chi connectivity index (χ1) is 7.25. The minimum Gasteiger partial charge on any atom is -0.478 e. The van der Waals surface area contributed by atoms with Crippen LogP contribution in [0.25, 0.3) is 17.2 Å². The summed E-state index contributed by atoms with van der Waals surface area (Å²) in [5.74, 6) is -0.916. The van der Waals surface area contributed by atoms with E-state index in [1.165, 1.54) is 5.56 Å². The highest BCUT2D eigenvalue weighted by atomic mass is 32.1. The van der Waals surface area contributed by atoms with Crippen LogP contribution in [0.4, 0.5) is 0 Å².